The number of methoxy groups -OCH3 is 2. The van der Waals surface area contributed by atoms with Crippen LogP contribution < -0.4 is 20.1 Å². The van der Waals surface area contributed by atoms with Crippen LogP contribution >= 0.6 is 0 Å². The van der Waals surface area contributed by atoms with Crippen LogP contribution in [0.4, 0.5) is 4.39 Å². The summed E-state index contributed by atoms with van der Waals surface area (Å²) in [5, 5.41) is 6.27. The zero-order valence-corrected chi connectivity index (χ0v) is 14.1. The van der Waals surface area contributed by atoms with Crippen LogP contribution in [0.15, 0.2) is 47.5 Å². The molecule has 6 heteroatoms. The lowest BCUT2D eigenvalue weighted by Crippen LogP contribution is -2.36. The maximum Gasteiger partial charge on any atom is 0.191 e. The maximum absolute atomic E-state index is 13.6. The minimum Gasteiger partial charge on any atom is -0.497 e. The Labute approximate surface area is 141 Å². The largest absolute Gasteiger partial charge is 0.497 e. The van der Waals surface area contributed by atoms with Gasteiger partial charge < -0.3 is 20.1 Å². The molecule has 0 radical (unpaired) electrons. The Kier molecular flexibility index (Phi) is 6.42. The van der Waals surface area contributed by atoms with Crippen molar-refractivity contribution in [2.45, 2.75) is 13.1 Å². The van der Waals surface area contributed by atoms with Gasteiger partial charge in [0.05, 0.1) is 14.2 Å². The zero-order chi connectivity index (χ0) is 17.4. The van der Waals surface area contributed by atoms with E-state index in [4.69, 9.17) is 9.47 Å². The van der Waals surface area contributed by atoms with Gasteiger partial charge in [-0.3, -0.25) is 4.99 Å². The van der Waals surface area contributed by atoms with Crippen molar-refractivity contribution in [1.82, 2.24) is 10.6 Å². The van der Waals surface area contributed by atoms with Crippen LogP contribution in [-0.2, 0) is 13.1 Å². The fraction of sp³-hybridized carbons (Fsp3) is 0.278. The molecule has 0 amide bonds. The number of nitrogens with one attached hydrogen (secondary N) is 2. The Morgan fingerprint density at radius 1 is 1.00 bits per heavy atom. The van der Waals surface area contributed by atoms with Crippen molar-refractivity contribution in [3.05, 3.63) is 59.4 Å². The smallest absolute Gasteiger partial charge is 0.191 e. The molecule has 0 aliphatic rings. The van der Waals surface area contributed by atoms with Crippen molar-refractivity contribution >= 4 is 5.96 Å². The van der Waals surface area contributed by atoms with Gasteiger partial charge in [0.1, 0.15) is 17.3 Å². The Balaban J connectivity index is 1.95. The first-order chi connectivity index (χ1) is 11.7. The number of aliphatic imine (C=N–C) groups is 1. The highest BCUT2D eigenvalue weighted by Crippen LogP contribution is 2.24. The van der Waals surface area contributed by atoms with Crippen LogP contribution in [0, 0.1) is 5.82 Å². The predicted molar refractivity (Wildman–Crippen MR) is 93.0 cm³/mol. The maximum atomic E-state index is 13.6. The van der Waals surface area contributed by atoms with E-state index in [0.717, 1.165) is 17.1 Å². The molecule has 0 bridgehead atoms. The summed E-state index contributed by atoms with van der Waals surface area (Å²) in [6, 6.07) is 12.3. The monoisotopic (exact) mass is 331 g/mol. The Morgan fingerprint density at radius 2 is 1.71 bits per heavy atom. The van der Waals surface area contributed by atoms with Gasteiger partial charge in [0, 0.05) is 37.3 Å². The Hall–Kier alpha value is -2.76. The fourth-order valence-electron chi connectivity index (χ4n) is 2.22. The van der Waals surface area contributed by atoms with E-state index in [-0.39, 0.29) is 5.82 Å². The van der Waals surface area contributed by atoms with E-state index in [0.29, 0.717) is 24.6 Å². The normalized spacial score (nSPS) is 11.1. The van der Waals surface area contributed by atoms with Crippen LogP contribution in [0.1, 0.15) is 11.1 Å². The second-order valence-corrected chi connectivity index (χ2v) is 5.05. The summed E-state index contributed by atoms with van der Waals surface area (Å²) in [6.07, 6.45) is 0. The lowest BCUT2D eigenvalue weighted by atomic mass is 10.2. The van der Waals surface area contributed by atoms with E-state index in [1.807, 2.05) is 18.2 Å². The molecule has 5 nitrogen and oxygen atoms in total. The standard InChI is InChI=1S/C18H22FN3O2/c1-20-18(21-11-13-6-4-5-7-16(13)19)22-12-14-8-9-15(23-2)10-17(14)24-3/h4-10H,11-12H2,1-3H3,(H2,20,21,22). The summed E-state index contributed by atoms with van der Waals surface area (Å²) >= 11 is 0. The molecule has 0 unspecified atom stereocenters. The molecule has 0 heterocycles. The van der Waals surface area contributed by atoms with E-state index < -0.39 is 0 Å². The molecule has 2 aromatic carbocycles. The average Bonchev–Trinajstić information content (AvgIpc) is 2.63. The van der Waals surface area contributed by atoms with Gasteiger partial charge >= 0.3 is 0 Å². The van der Waals surface area contributed by atoms with Crippen LogP contribution in [-0.4, -0.2) is 27.2 Å². The van der Waals surface area contributed by atoms with E-state index in [1.54, 1.807) is 39.5 Å². The highest BCUT2D eigenvalue weighted by atomic mass is 19.1. The molecule has 128 valence electrons. The molecule has 0 aromatic heterocycles. The summed E-state index contributed by atoms with van der Waals surface area (Å²) in [5.74, 6) is 1.80. The molecule has 0 atom stereocenters. The molecule has 0 fully saturated rings. The summed E-state index contributed by atoms with van der Waals surface area (Å²) in [7, 11) is 4.90. The molecule has 0 aliphatic carbocycles. The lowest BCUT2D eigenvalue weighted by molar-refractivity contribution is 0.390. The van der Waals surface area contributed by atoms with Crippen molar-refractivity contribution in [2.24, 2.45) is 4.99 Å². The van der Waals surface area contributed by atoms with Gasteiger partial charge in [-0.05, 0) is 18.2 Å². The van der Waals surface area contributed by atoms with Crippen molar-refractivity contribution < 1.29 is 13.9 Å². The number of rotatable bonds is 6. The van der Waals surface area contributed by atoms with Gasteiger partial charge in [0.2, 0.25) is 0 Å². The summed E-state index contributed by atoms with van der Waals surface area (Å²) < 4.78 is 24.2. The highest BCUT2D eigenvalue weighted by molar-refractivity contribution is 5.79. The third kappa shape index (κ3) is 4.62. The van der Waals surface area contributed by atoms with E-state index in [2.05, 4.69) is 15.6 Å². The third-order valence-corrected chi connectivity index (χ3v) is 3.57. The van der Waals surface area contributed by atoms with E-state index >= 15 is 0 Å². The number of ether oxygens (including phenoxy) is 2. The molecule has 0 aliphatic heterocycles. The number of guanidine groups is 1. The topological polar surface area (TPSA) is 54.9 Å². The molecular weight excluding hydrogens is 309 g/mol. The summed E-state index contributed by atoms with van der Waals surface area (Å²) in [4.78, 5) is 4.14. The zero-order valence-electron chi connectivity index (χ0n) is 14.1. The Morgan fingerprint density at radius 3 is 2.33 bits per heavy atom. The highest BCUT2D eigenvalue weighted by Gasteiger charge is 2.07. The predicted octanol–water partition coefficient (Wildman–Crippen LogP) is 2.71. The quantitative estimate of drug-likeness (QED) is 0.631. The molecule has 0 saturated heterocycles. The van der Waals surface area contributed by atoms with Gasteiger partial charge in [-0.15, -0.1) is 0 Å². The number of benzene rings is 2. The first-order valence-electron chi connectivity index (χ1n) is 7.56. The molecule has 2 rings (SSSR count). The fourth-order valence-corrected chi connectivity index (χ4v) is 2.22. The number of nitrogens with zero attached hydrogens (tertiary/aromatic N) is 1. The lowest BCUT2D eigenvalue weighted by Gasteiger charge is -2.14. The molecule has 24 heavy (non-hydrogen) atoms. The van der Waals surface area contributed by atoms with Crippen LogP contribution in [0.2, 0.25) is 0 Å². The number of halogens is 1. The second kappa shape index (κ2) is 8.76. The van der Waals surface area contributed by atoms with Gasteiger partial charge in [0.25, 0.3) is 0 Å². The van der Waals surface area contributed by atoms with Crippen LogP contribution in [0.5, 0.6) is 11.5 Å². The van der Waals surface area contributed by atoms with E-state index in [1.165, 1.54) is 6.07 Å². The molecule has 0 saturated carbocycles. The molecule has 2 N–H and O–H groups in total. The van der Waals surface area contributed by atoms with Crippen LogP contribution in [0.25, 0.3) is 0 Å². The molecule has 2 aromatic rings. The van der Waals surface area contributed by atoms with Crippen molar-refractivity contribution in [3.8, 4) is 11.5 Å². The first kappa shape index (κ1) is 17.6. The van der Waals surface area contributed by atoms with Gasteiger partial charge in [0.15, 0.2) is 5.96 Å². The van der Waals surface area contributed by atoms with E-state index in [9.17, 15) is 4.39 Å². The summed E-state index contributed by atoms with van der Waals surface area (Å²) in [5.41, 5.74) is 1.55. The number of hydrogen-bond acceptors (Lipinski definition) is 3. The van der Waals surface area contributed by atoms with Crippen molar-refractivity contribution in [3.63, 3.8) is 0 Å². The number of hydrogen-bond donors (Lipinski definition) is 2. The molecule has 0 spiro atoms. The summed E-state index contributed by atoms with van der Waals surface area (Å²) in [6.45, 7) is 0.871. The van der Waals surface area contributed by atoms with Gasteiger partial charge in [-0.2, -0.15) is 0 Å². The van der Waals surface area contributed by atoms with Crippen molar-refractivity contribution in [1.29, 1.82) is 0 Å². The minimum atomic E-state index is -0.239. The Bertz CT molecular complexity index is 704. The third-order valence-electron chi connectivity index (χ3n) is 3.57. The first-order valence-corrected chi connectivity index (χ1v) is 7.56. The van der Waals surface area contributed by atoms with Gasteiger partial charge in [-0.25, -0.2) is 4.39 Å². The van der Waals surface area contributed by atoms with Crippen molar-refractivity contribution in [2.75, 3.05) is 21.3 Å². The average molecular weight is 331 g/mol. The SMILES string of the molecule is CN=C(NCc1ccccc1F)NCc1ccc(OC)cc1OC. The van der Waals surface area contributed by atoms with Crippen LogP contribution in [0.3, 0.4) is 0 Å². The molecular formula is C18H22FN3O2. The minimum absolute atomic E-state index is 0.239. The second-order valence-electron chi connectivity index (χ2n) is 5.05. The van der Waals surface area contributed by atoms with Gasteiger partial charge in [-0.1, -0.05) is 18.2 Å².